The van der Waals surface area contributed by atoms with Crippen LogP contribution in [0.1, 0.15) is 79.1 Å². The van der Waals surface area contributed by atoms with Crippen LogP contribution in [0.25, 0.3) is 0 Å². The van der Waals surface area contributed by atoms with E-state index in [4.69, 9.17) is 14.2 Å². The van der Waals surface area contributed by atoms with E-state index >= 15 is 0 Å². The lowest BCUT2D eigenvalue weighted by atomic mass is 9.44. The molecule has 5 rings (SSSR count). The first kappa shape index (κ1) is 21.8. The molecule has 0 N–H and O–H groups in total. The summed E-state index contributed by atoms with van der Waals surface area (Å²) >= 11 is 0. The normalized spacial score (nSPS) is 53.0. The number of fused-ring (bicyclic) bond motifs is 7. The summed E-state index contributed by atoms with van der Waals surface area (Å²) < 4.78 is 17.2. The maximum Gasteiger partial charge on any atom is 0.508 e. The zero-order valence-corrected chi connectivity index (χ0v) is 20.0. The third kappa shape index (κ3) is 3.21. The van der Waals surface area contributed by atoms with Crippen LogP contribution in [0.4, 0.5) is 4.79 Å². The van der Waals surface area contributed by atoms with Crippen LogP contribution in [0.5, 0.6) is 0 Å². The maximum atomic E-state index is 11.8. The highest BCUT2D eigenvalue weighted by Gasteiger charge is 2.65. The van der Waals surface area contributed by atoms with Crippen LogP contribution in [0.3, 0.4) is 0 Å². The van der Waals surface area contributed by atoms with Crippen molar-refractivity contribution in [3.8, 4) is 0 Å². The van der Waals surface area contributed by atoms with Crippen molar-refractivity contribution in [2.24, 2.45) is 46.3 Å². The molecule has 4 aliphatic carbocycles. The largest absolute Gasteiger partial charge is 0.508 e. The number of ether oxygens (including phenoxy) is 3. The average Bonchev–Trinajstić information content (AvgIpc) is 3.22. The third-order valence-corrected chi connectivity index (χ3v) is 10.9. The van der Waals surface area contributed by atoms with Gasteiger partial charge in [0, 0.05) is 0 Å². The van der Waals surface area contributed by atoms with E-state index in [0.29, 0.717) is 41.3 Å². The SMILES string of the molecule is C=CC1OC2CC3C4CCC5CC(OC(=O)OCC)CCC5(C)C4CCC3(C)C2C1C. The van der Waals surface area contributed by atoms with Gasteiger partial charge in [0.1, 0.15) is 6.10 Å². The lowest BCUT2D eigenvalue weighted by molar-refractivity contribution is -0.132. The van der Waals surface area contributed by atoms with Crippen molar-refractivity contribution in [1.29, 1.82) is 0 Å². The first-order valence-electron chi connectivity index (χ1n) is 12.9. The van der Waals surface area contributed by atoms with E-state index in [0.717, 1.165) is 30.6 Å². The first-order chi connectivity index (χ1) is 14.8. The second-order valence-corrected chi connectivity index (χ2v) is 11.9. The Morgan fingerprint density at radius 2 is 1.87 bits per heavy atom. The highest BCUT2D eigenvalue weighted by molar-refractivity contribution is 5.60. The molecule has 0 spiro atoms. The van der Waals surface area contributed by atoms with E-state index in [2.05, 4.69) is 27.4 Å². The van der Waals surface area contributed by atoms with Gasteiger partial charge >= 0.3 is 6.16 Å². The van der Waals surface area contributed by atoms with Crippen LogP contribution in [-0.2, 0) is 14.2 Å². The molecule has 11 atom stereocenters. The van der Waals surface area contributed by atoms with E-state index in [1.807, 2.05) is 13.0 Å². The molecule has 31 heavy (non-hydrogen) atoms. The molecule has 4 saturated carbocycles. The van der Waals surface area contributed by atoms with Crippen molar-refractivity contribution in [2.75, 3.05) is 6.61 Å². The summed E-state index contributed by atoms with van der Waals surface area (Å²) in [6.07, 6.45) is 12.1. The first-order valence-corrected chi connectivity index (χ1v) is 12.9. The van der Waals surface area contributed by atoms with E-state index in [9.17, 15) is 4.79 Å². The number of hydrogen-bond acceptors (Lipinski definition) is 4. The molecule has 5 aliphatic rings. The van der Waals surface area contributed by atoms with Crippen LogP contribution in [0.2, 0.25) is 0 Å². The lowest BCUT2D eigenvalue weighted by Gasteiger charge is -2.61. The number of rotatable bonds is 3. The second kappa shape index (κ2) is 7.78. The molecule has 1 aliphatic heterocycles. The summed E-state index contributed by atoms with van der Waals surface area (Å²) in [5.74, 6) is 4.42. The molecule has 11 unspecified atom stereocenters. The van der Waals surface area contributed by atoms with Gasteiger partial charge in [-0.1, -0.05) is 26.8 Å². The topological polar surface area (TPSA) is 44.8 Å². The minimum Gasteiger partial charge on any atom is -0.435 e. The molecule has 0 bridgehead atoms. The standard InChI is InChI=1S/C27H42O4/c1-6-22-16(3)24-23(31-22)15-21-19-9-8-17-14-18(30-25(28)29-7-2)10-12-26(17,4)20(19)11-13-27(21,24)5/h6,16-24H,1,7-15H2,2-5H3. The van der Waals surface area contributed by atoms with Crippen molar-refractivity contribution in [1.82, 2.24) is 0 Å². The van der Waals surface area contributed by atoms with Crippen molar-refractivity contribution in [3.05, 3.63) is 12.7 Å². The summed E-state index contributed by atoms with van der Waals surface area (Å²) in [7, 11) is 0. The summed E-state index contributed by atoms with van der Waals surface area (Å²) in [5, 5.41) is 0. The molecular weight excluding hydrogens is 388 g/mol. The van der Waals surface area contributed by atoms with E-state index in [1.165, 1.54) is 38.5 Å². The van der Waals surface area contributed by atoms with Gasteiger partial charge in [0.25, 0.3) is 0 Å². The van der Waals surface area contributed by atoms with Gasteiger partial charge in [0.15, 0.2) is 0 Å². The fraction of sp³-hybridized carbons (Fsp3) is 0.889. The molecule has 5 fully saturated rings. The van der Waals surface area contributed by atoms with Crippen molar-refractivity contribution >= 4 is 6.16 Å². The van der Waals surface area contributed by atoms with Crippen LogP contribution < -0.4 is 0 Å². The van der Waals surface area contributed by atoms with Gasteiger partial charge in [0.2, 0.25) is 0 Å². The maximum absolute atomic E-state index is 11.8. The summed E-state index contributed by atoms with van der Waals surface area (Å²) in [4.78, 5) is 11.8. The van der Waals surface area contributed by atoms with Crippen molar-refractivity contribution < 1.29 is 19.0 Å². The molecule has 0 amide bonds. The Bertz CT molecular complexity index is 720. The van der Waals surface area contributed by atoms with Crippen LogP contribution in [0, 0.1) is 46.3 Å². The lowest BCUT2D eigenvalue weighted by Crippen LogP contribution is -2.54. The van der Waals surface area contributed by atoms with Gasteiger partial charge in [-0.15, -0.1) is 6.58 Å². The van der Waals surface area contributed by atoms with E-state index in [1.54, 1.807) is 0 Å². The van der Waals surface area contributed by atoms with E-state index < -0.39 is 6.16 Å². The summed E-state index contributed by atoms with van der Waals surface area (Å²) in [5.41, 5.74) is 0.822. The van der Waals surface area contributed by atoms with Gasteiger partial charge in [0.05, 0.1) is 18.8 Å². The molecule has 4 nitrogen and oxygen atoms in total. The smallest absolute Gasteiger partial charge is 0.435 e. The summed E-state index contributed by atoms with van der Waals surface area (Å²) in [6.45, 7) is 13.8. The van der Waals surface area contributed by atoms with Crippen LogP contribution in [-0.4, -0.2) is 31.1 Å². The predicted molar refractivity (Wildman–Crippen MR) is 121 cm³/mol. The highest BCUT2D eigenvalue weighted by Crippen LogP contribution is 2.70. The van der Waals surface area contributed by atoms with Crippen molar-refractivity contribution in [3.63, 3.8) is 0 Å². The zero-order chi connectivity index (χ0) is 22.0. The van der Waals surface area contributed by atoms with Crippen LogP contribution in [0.15, 0.2) is 12.7 Å². The number of carbonyl (C=O) groups excluding carboxylic acids is 1. The minimum absolute atomic E-state index is 0.0402. The molecule has 1 heterocycles. The Kier molecular flexibility index (Phi) is 5.47. The quantitative estimate of drug-likeness (QED) is 0.384. The van der Waals surface area contributed by atoms with Crippen molar-refractivity contribution in [2.45, 2.75) is 97.4 Å². The Morgan fingerprint density at radius 1 is 1.10 bits per heavy atom. The van der Waals surface area contributed by atoms with Gasteiger partial charge in [-0.25, -0.2) is 4.79 Å². The van der Waals surface area contributed by atoms with Crippen LogP contribution >= 0.6 is 0 Å². The Morgan fingerprint density at radius 3 is 2.61 bits per heavy atom. The molecule has 0 aromatic carbocycles. The Hall–Kier alpha value is -1.03. The van der Waals surface area contributed by atoms with Gasteiger partial charge < -0.3 is 14.2 Å². The number of carbonyl (C=O) groups is 1. The average molecular weight is 431 g/mol. The molecule has 0 aromatic rings. The summed E-state index contributed by atoms with van der Waals surface area (Å²) in [6, 6.07) is 0. The zero-order valence-electron chi connectivity index (χ0n) is 20.0. The second-order valence-electron chi connectivity index (χ2n) is 11.9. The minimum atomic E-state index is -0.484. The monoisotopic (exact) mass is 430 g/mol. The molecule has 174 valence electrons. The van der Waals surface area contributed by atoms with Gasteiger partial charge in [-0.2, -0.15) is 0 Å². The molecular formula is C27H42O4. The molecule has 0 radical (unpaired) electrons. The molecule has 1 saturated heterocycles. The fourth-order valence-electron chi connectivity index (χ4n) is 9.52. The van der Waals surface area contributed by atoms with Gasteiger partial charge in [-0.3, -0.25) is 0 Å². The Balaban J connectivity index is 1.31. The third-order valence-electron chi connectivity index (χ3n) is 10.9. The van der Waals surface area contributed by atoms with E-state index in [-0.39, 0.29) is 12.2 Å². The molecule has 4 heteroatoms. The molecule has 0 aromatic heterocycles. The fourth-order valence-corrected chi connectivity index (χ4v) is 9.52. The van der Waals surface area contributed by atoms with Gasteiger partial charge in [-0.05, 0) is 105 Å². The number of hydrogen-bond donors (Lipinski definition) is 0. The Labute approximate surface area is 188 Å². The highest BCUT2D eigenvalue weighted by atomic mass is 16.7. The predicted octanol–water partition coefficient (Wildman–Crippen LogP) is 6.39.